The summed E-state index contributed by atoms with van der Waals surface area (Å²) in [6.07, 6.45) is 6.75. The first-order valence-electron chi connectivity index (χ1n) is 8.83. The van der Waals surface area contributed by atoms with Gasteiger partial charge in [0, 0.05) is 29.0 Å². The van der Waals surface area contributed by atoms with Crippen LogP contribution >= 0.6 is 11.6 Å². The smallest absolute Gasteiger partial charge is 0.255 e. The van der Waals surface area contributed by atoms with Gasteiger partial charge in [-0.25, -0.2) is 9.97 Å². The largest absolute Gasteiger partial charge is 0.491 e. The van der Waals surface area contributed by atoms with Crippen LogP contribution in [0.4, 0.5) is 11.5 Å². The lowest BCUT2D eigenvalue weighted by Gasteiger charge is -2.14. The number of halogens is 1. The second-order valence-corrected chi connectivity index (χ2v) is 6.85. The number of anilines is 2. The van der Waals surface area contributed by atoms with Crippen molar-refractivity contribution in [1.29, 1.82) is 0 Å². The lowest BCUT2D eigenvalue weighted by atomic mass is 10.2. The van der Waals surface area contributed by atoms with E-state index >= 15 is 0 Å². The normalized spacial score (nSPS) is 13.1. The molecule has 3 aromatic rings. The van der Waals surface area contributed by atoms with Crippen molar-refractivity contribution in [1.82, 2.24) is 20.3 Å². The van der Waals surface area contributed by atoms with E-state index in [-0.39, 0.29) is 11.9 Å². The lowest BCUT2D eigenvalue weighted by molar-refractivity contribution is 0.0951. The van der Waals surface area contributed by atoms with Gasteiger partial charge in [-0.05, 0) is 31.0 Å². The molecule has 1 amide bonds. The number of carbonyl (C=O) groups excluding carboxylic acids is 1. The molecule has 0 spiro atoms. The molecule has 0 atom stereocenters. The van der Waals surface area contributed by atoms with E-state index in [9.17, 15) is 4.79 Å². The molecule has 4 rings (SSSR count). The second kappa shape index (κ2) is 7.82. The molecule has 1 saturated carbocycles. The fourth-order valence-corrected chi connectivity index (χ4v) is 2.87. The van der Waals surface area contributed by atoms with Crippen LogP contribution in [0.3, 0.4) is 0 Å². The number of hydrogen-bond donors (Lipinski definition) is 2. The first kappa shape index (κ1) is 18.2. The highest BCUT2D eigenvalue weighted by atomic mass is 35.5. The van der Waals surface area contributed by atoms with Crippen molar-refractivity contribution >= 4 is 29.0 Å². The predicted octanol–water partition coefficient (Wildman–Crippen LogP) is 3.84. The summed E-state index contributed by atoms with van der Waals surface area (Å²) in [6, 6.07) is 9.26. The van der Waals surface area contributed by atoms with Crippen LogP contribution in [-0.2, 0) is 0 Å². The maximum Gasteiger partial charge on any atom is 0.255 e. The maximum atomic E-state index is 12.5. The van der Waals surface area contributed by atoms with E-state index in [2.05, 4.69) is 25.6 Å². The van der Waals surface area contributed by atoms with Crippen molar-refractivity contribution in [3.63, 3.8) is 0 Å². The van der Waals surface area contributed by atoms with Gasteiger partial charge in [-0.15, -0.1) is 0 Å². The summed E-state index contributed by atoms with van der Waals surface area (Å²) in [7, 11) is 1.54. The molecular formula is C20H18ClN5O2. The Balaban J connectivity index is 1.67. The van der Waals surface area contributed by atoms with Crippen LogP contribution in [0.25, 0.3) is 11.4 Å². The average molecular weight is 396 g/mol. The number of carbonyl (C=O) groups is 1. The monoisotopic (exact) mass is 395 g/mol. The number of amides is 1. The molecular weight excluding hydrogens is 378 g/mol. The maximum absolute atomic E-state index is 12.5. The Morgan fingerprint density at radius 2 is 2.11 bits per heavy atom. The van der Waals surface area contributed by atoms with E-state index in [4.69, 9.17) is 16.3 Å². The van der Waals surface area contributed by atoms with Gasteiger partial charge in [0.2, 0.25) is 0 Å². The highest BCUT2D eigenvalue weighted by Crippen LogP contribution is 2.30. The Bertz CT molecular complexity index is 1020. The second-order valence-electron chi connectivity index (χ2n) is 6.41. The SMILES string of the molecule is COc1cnc(-c2cccc(Cl)c2)nc1Nc1ccncc1C(=O)NC1CC1. The molecule has 1 aliphatic carbocycles. The molecule has 1 fully saturated rings. The van der Waals surface area contributed by atoms with Gasteiger partial charge in [0.1, 0.15) is 0 Å². The van der Waals surface area contributed by atoms with Gasteiger partial charge in [-0.2, -0.15) is 0 Å². The van der Waals surface area contributed by atoms with Crippen LogP contribution in [0.1, 0.15) is 23.2 Å². The van der Waals surface area contributed by atoms with Crippen LogP contribution in [0.2, 0.25) is 5.02 Å². The average Bonchev–Trinajstić information content (AvgIpc) is 3.52. The Morgan fingerprint density at radius 3 is 2.86 bits per heavy atom. The Hall–Kier alpha value is -3.19. The van der Waals surface area contributed by atoms with E-state index in [1.54, 1.807) is 30.6 Å². The number of benzene rings is 1. The Kier molecular flexibility index (Phi) is 5.08. The number of pyridine rings is 1. The number of nitrogens with one attached hydrogen (secondary N) is 2. The molecule has 0 radical (unpaired) electrons. The van der Waals surface area contributed by atoms with Crippen molar-refractivity contribution in [3.05, 3.63) is 59.5 Å². The minimum absolute atomic E-state index is 0.166. The van der Waals surface area contributed by atoms with Gasteiger partial charge < -0.3 is 15.4 Å². The minimum atomic E-state index is -0.166. The first-order valence-corrected chi connectivity index (χ1v) is 9.20. The fourth-order valence-electron chi connectivity index (χ4n) is 2.68. The predicted molar refractivity (Wildman–Crippen MR) is 107 cm³/mol. The molecule has 1 aromatic carbocycles. The van der Waals surface area contributed by atoms with E-state index in [1.165, 1.54) is 13.3 Å². The third-order valence-corrected chi connectivity index (χ3v) is 4.52. The summed E-state index contributed by atoms with van der Waals surface area (Å²) in [5.74, 6) is 1.22. The molecule has 0 bridgehead atoms. The van der Waals surface area contributed by atoms with Crippen molar-refractivity contribution in [2.75, 3.05) is 12.4 Å². The summed E-state index contributed by atoms with van der Waals surface area (Å²) in [5.41, 5.74) is 1.81. The lowest BCUT2D eigenvalue weighted by Crippen LogP contribution is -2.26. The number of methoxy groups -OCH3 is 1. The van der Waals surface area contributed by atoms with Crippen LogP contribution in [0.15, 0.2) is 48.9 Å². The molecule has 28 heavy (non-hydrogen) atoms. The summed E-state index contributed by atoms with van der Waals surface area (Å²) >= 11 is 6.08. The van der Waals surface area contributed by atoms with Crippen LogP contribution in [0, 0.1) is 0 Å². The zero-order chi connectivity index (χ0) is 19.5. The third-order valence-electron chi connectivity index (χ3n) is 4.29. The molecule has 142 valence electrons. The van der Waals surface area contributed by atoms with E-state index in [0.717, 1.165) is 18.4 Å². The fraction of sp³-hybridized carbons (Fsp3) is 0.200. The number of rotatable bonds is 6. The summed E-state index contributed by atoms with van der Waals surface area (Å²) < 4.78 is 5.38. The zero-order valence-corrected chi connectivity index (χ0v) is 15.9. The van der Waals surface area contributed by atoms with E-state index < -0.39 is 0 Å². The van der Waals surface area contributed by atoms with Crippen LogP contribution in [-0.4, -0.2) is 34.0 Å². The van der Waals surface area contributed by atoms with Crippen molar-refractivity contribution in [3.8, 4) is 17.1 Å². The van der Waals surface area contributed by atoms with Gasteiger partial charge >= 0.3 is 0 Å². The molecule has 0 saturated heterocycles. The van der Waals surface area contributed by atoms with Gasteiger partial charge in [0.05, 0.1) is 24.6 Å². The summed E-state index contributed by atoms with van der Waals surface area (Å²) in [4.78, 5) is 25.5. The highest BCUT2D eigenvalue weighted by Gasteiger charge is 2.25. The number of ether oxygens (including phenoxy) is 1. The summed E-state index contributed by atoms with van der Waals surface area (Å²) in [6.45, 7) is 0. The van der Waals surface area contributed by atoms with Gasteiger partial charge in [-0.3, -0.25) is 9.78 Å². The highest BCUT2D eigenvalue weighted by molar-refractivity contribution is 6.30. The Labute approximate surface area is 167 Å². The number of hydrogen-bond acceptors (Lipinski definition) is 6. The van der Waals surface area contributed by atoms with Gasteiger partial charge in [-0.1, -0.05) is 23.7 Å². The third kappa shape index (κ3) is 4.04. The van der Waals surface area contributed by atoms with Gasteiger partial charge in [0.15, 0.2) is 17.4 Å². The summed E-state index contributed by atoms with van der Waals surface area (Å²) in [5, 5.41) is 6.75. The van der Waals surface area contributed by atoms with Gasteiger partial charge in [0.25, 0.3) is 5.91 Å². The Morgan fingerprint density at radius 1 is 1.25 bits per heavy atom. The van der Waals surface area contributed by atoms with Crippen LogP contribution < -0.4 is 15.4 Å². The van der Waals surface area contributed by atoms with Crippen molar-refractivity contribution in [2.45, 2.75) is 18.9 Å². The van der Waals surface area contributed by atoms with Crippen molar-refractivity contribution < 1.29 is 9.53 Å². The molecule has 2 aromatic heterocycles. The van der Waals surface area contributed by atoms with Crippen molar-refractivity contribution in [2.24, 2.45) is 0 Å². The van der Waals surface area contributed by atoms with Crippen LogP contribution in [0.5, 0.6) is 5.75 Å². The molecule has 7 nitrogen and oxygen atoms in total. The molecule has 8 heteroatoms. The quantitative estimate of drug-likeness (QED) is 0.659. The van der Waals surface area contributed by atoms with E-state index in [0.29, 0.717) is 33.7 Å². The molecule has 2 heterocycles. The molecule has 1 aliphatic rings. The first-order chi connectivity index (χ1) is 13.6. The standard InChI is InChI=1S/C20H18ClN5O2/c1-28-17-11-23-18(12-3-2-4-13(21)9-12)26-19(17)25-16-7-8-22-10-15(16)20(27)24-14-5-6-14/h2-4,7-11,14H,5-6H2,1H3,(H,24,27)(H,22,23,25,26). The zero-order valence-electron chi connectivity index (χ0n) is 15.1. The molecule has 0 aliphatic heterocycles. The minimum Gasteiger partial charge on any atom is -0.491 e. The number of nitrogens with zero attached hydrogens (tertiary/aromatic N) is 3. The molecule has 2 N–H and O–H groups in total. The number of aromatic nitrogens is 3. The van der Waals surface area contributed by atoms with E-state index in [1.807, 2.05) is 12.1 Å². The topological polar surface area (TPSA) is 89.0 Å². The molecule has 0 unspecified atom stereocenters.